The fourth-order valence-corrected chi connectivity index (χ4v) is 2.33. The Kier molecular flexibility index (Phi) is 6.88. The summed E-state index contributed by atoms with van der Waals surface area (Å²) in [5, 5.41) is 15.5. The van der Waals surface area contributed by atoms with Crippen LogP contribution in [0.4, 0.5) is 0 Å². The minimum absolute atomic E-state index is 0.0464. The molecular weight excluding hydrogens is 322 g/mol. The van der Waals surface area contributed by atoms with Gasteiger partial charge in [0, 0.05) is 24.3 Å². The standard InChI is InChI=1S/C19H18ClN3O/c20-18-9-5-4-8-16(18)10-11-22-14-17(12-21)19(24)23-13-15-6-2-1-3-7-15/h1-9,14,22H,10-11,13H2,(H,23,24)/b17-14-. The maximum Gasteiger partial charge on any atom is 0.263 e. The maximum atomic E-state index is 12.0. The fourth-order valence-electron chi connectivity index (χ4n) is 2.10. The quantitative estimate of drug-likeness (QED) is 0.462. The van der Waals surface area contributed by atoms with E-state index in [-0.39, 0.29) is 5.57 Å². The Morgan fingerprint density at radius 2 is 1.83 bits per heavy atom. The molecule has 0 aliphatic rings. The molecular formula is C19H18ClN3O. The number of hydrogen-bond donors (Lipinski definition) is 2. The van der Waals surface area contributed by atoms with Gasteiger partial charge in [-0.3, -0.25) is 4.79 Å². The summed E-state index contributed by atoms with van der Waals surface area (Å²) in [5.74, 6) is -0.397. The van der Waals surface area contributed by atoms with Crippen molar-refractivity contribution in [1.82, 2.24) is 10.6 Å². The first-order valence-corrected chi connectivity index (χ1v) is 7.97. The summed E-state index contributed by atoms with van der Waals surface area (Å²) in [5.41, 5.74) is 2.05. The van der Waals surface area contributed by atoms with E-state index in [2.05, 4.69) is 10.6 Å². The Morgan fingerprint density at radius 1 is 1.12 bits per heavy atom. The second-order valence-corrected chi connectivity index (χ2v) is 5.54. The Labute approximate surface area is 146 Å². The lowest BCUT2D eigenvalue weighted by atomic mass is 10.1. The smallest absolute Gasteiger partial charge is 0.263 e. The molecule has 0 saturated heterocycles. The molecule has 0 aliphatic carbocycles. The first kappa shape index (κ1) is 17.6. The SMILES string of the molecule is N#C/C(=C/NCCc1ccccc1Cl)C(=O)NCc1ccccc1. The van der Waals surface area contributed by atoms with Crippen molar-refractivity contribution in [1.29, 1.82) is 5.26 Å². The van der Waals surface area contributed by atoms with Crippen molar-refractivity contribution in [2.75, 3.05) is 6.54 Å². The van der Waals surface area contributed by atoms with Gasteiger partial charge in [-0.1, -0.05) is 60.1 Å². The number of amides is 1. The third-order valence-corrected chi connectivity index (χ3v) is 3.77. The van der Waals surface area contributed by atoms with Crippen LogP contribution in [0.1, 0.15) is 11.1 Å². The van der Waals surface area contributed by atoms with Crippen LogP contribution in [0.25, 0.3) is 0 Å². The summed E-state index contributed by atoms with van der Waals surface area (Å²) in [6, 6.07) is 19.0. The zero-order valence-electron chi connectivity index (χ0n) is 13.1. The van der Waals surface area contributed by atoms with Gasteiger partial charge in [-0.25, -0.2) is 0 Å². The Balaban J connectivity index is 1.81. The van der Waals surface area contributed by atoms with Gasteiger partial charge in [0.1, 0.15) is 11.6 Å². The summed E-state index contributed by atoms with van der Waals surface area (Å²) in [7, 11) is 0. The fraction of sp³-hybridized carbons (Fsp3) is 0.158. The summed E-state index contributed by atoms with van der Waals surface area (Å²) >= 11 is 6.08. The minimum atomic E-state index is -0.397. The lowest BCUT2D eigenvalue weighted by Crippen LogP contribution is -2.25. The van der Waals surface area contributed by atoms with E-state index in [9.17, 15) is 4.79 Å². The van der Waals surface area contributed by atoms with Gasteiger partial charge in [0.2, 0.25) is 0 Å². The van der Waals surface area contributed by atoms with E-state index in [1.54, 1.807) is 0 Å². The molecule has 0 fully saturated rings. The number of rotatable bonds is 7. The van der Waals surface area contributed by atoms with E-state index in [1.807, 2.05) is 60.7 Å². The van der Waals surface area contributed by atoms with Gasteiger partial charge in [0.15, 0.2) is 0 Å². The van der Waals surface area contributed by atoms with Crippen molar-refractivity contribution in [3.63, 3.8) is 0 Å². The van der Waals surface area contributed by atoms with E-state index in [4.69, 9.17) is 16.9 Å². The van der Waals surface area contributed by atoms with E-state index >= 15 is 0 Å². The number of carbonyl (C=O) groups is 1. The van der Waals surface area contributed by atoms with Crippen molar-refractivity contribution >= 4 is 17.5 Å². The lowest BCUT2D eigenvalue weighted by molar-refractivity contribution is -0.117. The average Bonchev–Trinajstić information content (AvgIpc) is 2.62. The number of nitrogens with zero attached hydrogens (tertiary/aromatic N) is 1. The van der Waals surface area contributed by atoms with Crippen molar-refractivity contribution < 1.29 is 4.79 Å². The largest absolute Gasteiger partial charge is 0.389 e. The van der Waals surface area contributed by atoms with Crippen LogP contribution in [0, 0.1) is 11.3 Å². The van der Waals surface area contributed by atoms with Crippen LogP contribution in [0.15, 0.2) is 66.4 Å². The van der Waals surface area contributed by atoms with Gasteiger partial charge < -0.3 is 10.6 Å². The third kappa shape index (κ3) is 5.45. The molecule has 1 amide bonds. The summed E-state index contributed by atoms with van der Waals surface area (Å²) in [4.78, 5) is 12.0. The third-order valence-electron chi connectivity index (χ3n) is 3.40. The van der Waals surface area contributed by atoms with Gasteiger partial charge in [-0.15, -0.1) is 0 Å². The van der Waals surface area contributed by atoms with Crippen LogP contribution in [0.2, 0.25) is 5.02 Å². The summed E-state index contributed by atoms with van der Waals surface area (Å²) in [6.07, 6.45) is 2.15. The van der Waals surface area contributed by atoms with Crippen LogP contribution in [-0.4, -0.2) is 12.5 Å². The lowest BCUT2D eigenvalue weighted by Gasteiger charge is -2.06. The topological polar surface area (TPSA) is 64.9 Å². The van der Waals surface area contributed by atoms with Crippen LogP contribution in [-0.2, 0) is 17.8 Å². The molecule has 0 spiro atoms. The number of halogens is 1. The highest BCUT2D eigenvalue weighted by Crippen LogP contribution is 2.14. The number of benzene rings is 2. The van der Waals surface area contributed by atoms with Crippen LogP contribution >= 0.6 is 11.6 Å². The molecule has 0 aromatic heterocycles. The highest BCUT2D eigenvalue weighted by atomic mass is 35.5. The Hall–Kier alpha value is -2.77. The van der Waals surface area contributed by atoms with Crippen molar-refractivity contribution in [3.05, 3.63) is 82.5 Å². The molecule has 0 radical (unpaired) electrons. The molecule has 0 saturated carbocycles. The Morgan fingerprint density at radius 3 is 2.54 bits per heavy atom. The molecule has 0 bridgehead atoms. The molecule has 2 N–H and O–H groups in total. The minimum Gasteiger partial charge on any atom is -0.389 e. The van der Waals surface area contributed by atoms with Gasteiger partial charge in [-0.2, -0.15) is 5.26 Å². The molecule has 2 rings (SSSR count). The van der Waals surface area contributed by atoms with E-state index < -0.39 is 5.91 Å². The Bertz CT molecular complexity index is 751. The molecule has 0 atom stereocenters. The zero-order valence-corrected chi connectivity index (χ0v) is 13.9. The number of nitrogens with one attached hydrogen (secondary N) is 2. The van der Waals surface area contributed by atoms with Gasteiger partial charge in [0.05, 0.1) is 0 Å². The first-order chi connectivity index (χ1) is 11.7. The van der Waals surface area contributed by atoms with Crippen LogP contribution < -0.4 is 10.6 Å². The van der Waals surface area contributed by atoms with E-state index in [0.717, 1.165) is 11.1 Å². The number of hydrogen-bond acceptors (Lipinski definition) is 3. The van der Waals surface area contributed by atoms with Gasteiger partial charge in [-0.05, 0) is 23.6 Å². The van der Waals surface area contributed by atoms with E-state index in [1.165, 1.54) is 6.20 Å². The molecule has 0 heterocycles. The highest BCUT2D eigenvalue weighted by Gasteiger charge is 2.08. The predicted octanol–water partition coefficient (Wildman–Crippen LogP) is 3.20. The van der Waals surface area contributed by atoms with Gasteiger partial charge in [0.25, 0.3) is 5.91 Å². The summed E-state index contributed by atoms with van der Waals surface area (Å²) < 4.78 is 0. The van der Waals surface area contributed by atoms with Gasteiger partial charge >= 0.3 is 0 Å². The number of nitriles is 1. The van der Waals surface area contributed by atoms with Crippen molar-refractivity contribution in [3.8, 4) is 6.07 Å². The zero-order chi connectivity index (χ0) is 17.2. The molecule has 24 heavy (non-hydrogen) atoms. The second kappa shape index (κ2) is 9.39. The van der Waals surface area contributed by atoms with Crippen LogP contribution in [0.3, 0.4) is 0 Å². The first-order valence-electron chi connectivity index (χ1n) is 7.60. The molecule has 0 unspecified atom stereocenters. The molecule has 122 valence electrons. The average molecular weight is 340 g/mol. The van der Waals surface area contributed by atoms with Crippen molar-refractivity contribution in [2.45, 2.75) is 13.0 Å². The molecule has 5 heteroatoms. The molecule has 2 aromatic carbocycles. The van der Waals surface area contributed by atoms with Crippen molar-refractivity contribution in [2.24, 2.45) is 0 Å². The maximum absolute atomic E-state index is 12.0. The molecule has 4 nitrogen and oxygen atoms in total. The number of carbonyl (C=O) groups excluding carboxylic acids is 1. The predicted molar refractivity (Wildman–Crippen MR) is 95.1 cm³/mol. The second-order valence-electron chi connectivity index (χ2n) is 5.13. The highest BCUT2D eigenvalue weighted by molar-refractivity contribution is 6.31. The van der Waals surface area contributed by atoms with Crippen LogP contribution in [0.5, 0.6) is 0 Å². The molecule has 0 aliphatic heterocycles. The normalized spacial score (nSPS) is 10.8. The monoisotopic (exact) mass is 339 g/mol. The summed E-state index contributed by atoms with van der Waals surface area (Å²) in [6.45, 7) is 0.971. The van der Waals surface area contributed by atoms with E-state index in [0.29, 0.717) is 24.5 Å². The molecule has 2 aromatic rings.